The highest BCUT2D eigenvalue weighted by atomic mass is 35.5. The van der Waals surface area contributed by atoms with Crippen molar-refractivity contribution in [3.63, 3.8) is 0 Å². The average molecular weight is 338 g/mol. The Balaban J connectivity index is 1.78. The largest absolute Gasteiger partial charge is 0.464 e. The number of halogens is 1. The lowest BCUT2D eigenvalue weighted by Gasteiger charge is -2.20. The number of anilines is 1. The van der Waals surface area contributed by atoms with Crippen molar-refractivity contribution in [2.75, 3.05) is 12.4 Å². The van der Waals surface area contributed by atoms with Gasteiger partial charge in [-0.2, -0.15) is 0 Å². The molecule has 2 aliphatic rings. The first-order valence-corrected chi connectivity index (χ1v) is 8.88. The molecule has 2 aliphatic carbocycles. The number of rotatable bonds is 6. The number of esters is 1. The summed E-state index contributed by atoms with van der Waals surface area (Å²) in [6.07, 6.45) is 8.54. The zero-order valence-electron chi connectivity index (χ0n) is 13.8. The fourth-order valence-corrected chi connectivity index (χ4v) is 3.57. The van der Waals surface area contributed by atoms with E-state index in [1.54, 1.807) is 0 Å². The molecule has 0 aliphatic heterocycles. The van der Waals surface area contributed by atoms with E-state index in [0.717, 1.165) is 25.2 Å². The van der Waals surface area contributed by atoms with Crippen molar-refractivity contribution in [2.24, 2.45) is 5.92 Å². The van der Waals surface area contributed by atoms with Crippen molar-refractivity contribution in [3.8, 4) is 0 Å². The number of carbonyl (C=O) groups excluding carboxylic acids is 1. The molecular weight excluding hydrogens is 314 g/mol. The minimum Gasteiger partial charge on any atom is -0.464 e. The number of nitrogens with one attached hydrogen (secondary N) is 1. The lowest BCUT2D eigenvalue weighted by molar-refractivity contribution is 0.0593. The molecule has 1 heterocycles. The molecule has 5 nitrogen and oxygen atoms in total. The van der Waals surface area contributed by atoms with Gasteiger partial charge in [-0.1, -0.05) is 37.3 Å². The molecule has 1 unspecified atom stereocenters. The summed E-state index contributed by atoms with van der Waals surface area (Å²) in [6.45, 7) is 2.14. The van der Waals surface area contributed by atoms with Crippen LogP contribution in [0.3, 0.4) is 0 Å². The average Bonchev–Trinajstić information content (AvgIpc) is 3.27. The van der Waals surface area contributed by atoms with Gasteiger partial charge in [-0.25, -0.2) is 14.8 Å². The molecule has 1 aromatic rings. The molecule has 0 bridgehead atoms. The number of nitrogens with zero attached hydrogens (tertiary/aromatic N) is 2. The van der Waals surface area contributed by atoms with Crippen molar-refractivity contribution in [2.45, 2.75) is 63.8 Å². The van der Waals surface area contributed by atoms with Crippen molar-refractivity contribution in [1.82, 2.24) is 9.97 Å². The van der Waals surface area contributed by atoms with Crippen molar-refractivity contribution >= 4 is 23.4 Å². The lowest BCUT2D eigenvalue weighted by Crippen LogP contribution is -2.21. The summed E-state index contributed by atoms with van der Waals surface area (Å²) in [6, 6.07) is 0.267. The van der Waals surface area contributed by atoms with Gasteiger partial charge in [-0.15, -0.1) is 0 Å². The van der Waals surface area contributed by atoms with E-state index in [2.05, 4.69) is 22.2 Å². The van der Waals surface area contributed by atoms with Crippen LogP contribution in [0.1, 0.15) is 74.1 Å². The van der Waals surface area contributed by atoms with Crippen LogP contribution in [-0.4, -0.2) is 29.1 Å². The van der Waals surface area contributed by atoms with Crippen molar-refractivity contribution < 1.29 is 9.53 Å². The van der Waals surface area contributed by atoms with Gasteiger partial charge in [0.2, 0.25) is 0 Å². The third kappa shape index (κ3) is 3.94. The lowest BCUT2D eigenvalue weighted by atomic mass is 9.99. The van der Waals surface area contributed by atoms with Crippen LogP contribution in [-0.2, 0) is 4.74 Å². The predicted octanol–water partition coefficient (Wildman–Crippen LogP) is 4.17. The number of aromatic nitrogens is 2. The van der Waals surface area contributed by atoms with E-state index in [9.17, 15) is 4.79 Å². The topological polar surface area (TPSA) is 64.1 Å². The molecule has 23 heavy (non-hydrogen) atoms. The first-order chi connectivity index (χ1) is 11.1. The molecule has 1 aromatic heterocycles. The molecule has 2 saturated carbocycles. The molecule has 3 rings (SSSR count). The van der Waals surface area contributed by atoms with Crippen LogP contribution in [0, 0.1) is 5.92 Å². The monoisotopic (exact) mass is 337 g/mol. The number of hydrogen-bond donors (Lipinski definition) is 1. The fourth-order valence-electron chi connectivity index (χ4n) is 3.35. The maximum atomic E-state index is 11.9. The van der Waals surface area contributed by atoms with E-state index in [4.69, 9.17) is 16.3 Å². The second-order valence-electron chi connectivity index (χ2n) is 6.79. The summed E-state index contributed by atoms with van der Waals surface area (Å²) in [5.41, 5.74) is 0.168. The Morgan fingerprint density at radius 2 is 2.00 bits per heavy atom. The molecule has 0 saturated heterocycles. The Kier molecular flexibility index (Phi) is 5.05. The summed E-state index contributed by atoms with van der Waals surface area (Å²) >= 11 is 6.35. The van der Waals surface area contributed by atoms with E-state index in [1.165, 1.54) is 32.8 Å². The highest BCUT2D eigenvalue weighted by molar-refractivity contribution is 6.35. The van der Waals surface area contributed by atoms with E-state index < -0.39 is 5.97 Å². The molecular formula is C17H24ClN3O2. The maximum Gasteiger partial charge on any atom is 0.358 e. The van der Waals surface area contributed by atoms with Gasteiger partial charge in [-0.05, 0) is 32.1 Å². The molecule has 6 heteroatoms. The smallest absolute Gasteiger partial charge is 0.358 e. The molecule has 0 amide bonds. The third-order valence-corrected chi connectivity index (χ3v) is 5.09. The summed E-state index contributed by atoms with van der Waals surface area (Å²) in [5.74, 6) is 1.88. The van der Waals surface area contributed by atoms with Gasteiger partial charge in [0.15, 0.2) is 5.69 Å². The predicted molar refractivity (Wildman–Crippen MR) is 90.0 cm³/mol. The Morgan fingerprint density at radius 1 is 1.30 bits per heavy atom. The van der Waals surface area contributed by atoms with Crippen molar-refractivity contribution in [3.05, 3.63) is 16.5 Å². The molecule has 1 atom stereocenters. The molecule has 0 aromatic carbocycles. The standard InChI is InChI=1S/C17H24ClN3O2/c1-10(9-11-5-3-4-6-11)19-16-13(18)14(17(22)23-2)20-15(21-16)12-7-8-12/h10-12H,3-9H2,1-2H3,(H,19,20,21). The van der Waals surface area contributed by atoms with Gasteiger partial charge >= 0.3 is 5.97 Å². The number of methoxy groups -OCH3 is 1. The summed E-state index contributed by atoms with van der Waals surface area (Å²) in [4.78, 5) is 20.8. The third-order valence-electron chi connectivity index (χ3n) is 4.73. The van der Waals surface area contributed by atoms with E-state index in [-0.39, 0.29) is 16.8 Å². The van der Waals surface area contributed by atoms with Crippen LogP contribution in [0.4, 0.5) is 5.82 Å². The van der Waals surface area contributed by atoms with Gasteiger partial charge in [-0.3, -0.25) is 0 Å². The highest BCUT2D eigenvalue weighted by Crippen LogP contribution is 2.40. The van der Waals surface area contributed by atoms with Gasteiger partial charge < -0.3 is 10.1 Å². The quantitative estimate of drug-likeness (QED) is 0.789. The van der Waals surface area contributed by atoms with Crippen LogP contribution < -0.4 is 5.32 Å². The second-order valence-corrected chi connectivity index (χ2v) is 7.17. The minimum atomic E-state index is -0.509. The van der Waals surface area contributed by atoms with Gasteiger partial charge in [0.1, 0.15) is 16.7 Å². The Bertz CT molecular complexity index is 583. The maximum absolute atomic E-state index is 11.9. The first-order valence-electron chi connectivity index (χ1n) is 8.50. The van der Waals surface area contributed by atoms with Crippen LogP contribution in [0.15, 0.2) is 0 Å². The summed E-state index contributed by atoms with van der Waals surface area (Å²) < 4.78 is 4.80. The normalized spacial score (nSPS) is 19.6. The zero-order chi connectivity index (χ0) is 16.4. The van der Waals surface area contributed by atoms with Gasteiger partial charge in [0, 0.05) is 12.0 Å². The molecule has 0 spiro atoms. The Morgan fingerprint density at radius 3 is 2.61 bits per heavy atom. The molecule has 2 fully saturated rings. The first kappa shape index (κ1) is 16.5. The zero-order valence-corrected chi connectivity index (χ0v) is 14.5. The van der Waals surface area contributed by atoms with Gasteiger partial charge in [0.25, 0.3) is 0 Å². The second kappa shape index (κ2) is 7.04. The van der Waals surface area contributed by atoms with Crippen LogP contribution in [0.25, 0.3) is 0 Å². The summed E-state index contributed by atoms with van der Waals surface area (Å²) in [5, 5.41) is 3.65. The van der Waals surface area contributed by atoms with Crippen LogP contribution in [0.5, 0.6) is 0 Å². The highest BCUT2D eigenvalue weighted by Gasteiger charge is 2.30. The Labute approximate surface area is 142 Å². The number of hydrogen-bond acceptors (Lipinski definition) is 5. The number of ether oxygens (including phenoxy) is 1. The van der Waals surface area contributed by atoms with Crippen LogP contribution >= 0.6 is 11.6 Å². The van der Waals surface area contributed by atoms with Gasteiger partial charge in [0.05, 0.1) is 7.11 Å². The van der Waals surface area contributed by atoms with E-state index in [0.29, 0.717) is 17.6 Å². The molecule has 0 radical (unpaired) electrons. The summed E-state index contributed by atoms with van der Waals surface area (Å²) in [7, 11) is 1.34. The Hall–Kier alpha value is -1.36. The molecule has 1 N–H and O–H groups in total. The minimum absolute atomic E-state index is 0.168. The van der Waals surface area contributed by atoms with E-state index >= 15 is 0 Å². The van der Waals surface area contributed by atoms with Crippen molar-refractivity contribution in [1.29, 1.82) is 0 Å². The SMILES string of the molecule is COC(=O)c1nc(C2CC2)nc(NC(C)CC2CCCC2)c1Cl. The van der Waals surface area contributed by atoms with E-state index in [1.807, 2.05) is 0 Å². The number of carbonyl (C=O) groups is 1. The molecule has 126 valence electrons. The van der Waals surface area contributed by atoms with Crippen LogP contribution in [0.2, 0.25) is 5.02 Å². The fraction of sp³-hybridized carbons (Fsp3) is 0.706.